The Balaban J connectivity index is 1.98. The zero-order valence-corrected chi connectivity index (χ0v) is 13.3. The molecule has 0 saturated carbocycles. The zero-order valence-electron chi connectivity index (χ0n) is 13.3. The van der Waals surface area contributed by atoms with Crippen molar-refractivity contribution in [3.05, 3.63) is 54.1 Å². The number of carbonyl (C=O) groups is 2. The summed E-state index contributed by atoms with van der Waals surface area (Å²) in [5, 5.41) is 5.63. The molecule has 0 bridgehead atoms. The van der Waals surface area contributed by atoms with Crippen molar-refractivity contribution in [2.45, 2.75) is 20.3 Å². The first-order valence-electron chi connectivity index (χ1n) is 7.49. The minimum atomic E-state index is -0.123. The van der Waals surface area contributed by atoms with Crippen molar-refractivity contribution in [1.29, 1.82) is 0 Å². The van der Waals surface area contributed by atoms with Crippen molar-refractivity contribution in [3.63, 3.8) is 0 Å². The van der Waals surface area contributed by atoms with Crippen molar-refractivity contribution in [3.8, 4) is 0 Å². The Morgan fingerprint density at radius 1 is 1.00 bits per heavy atom. The van der Waals surface area contributed by atoms with E-state index in [1.54, 1.807) is 36.4 Å². The SMILES string of the molecule is CC(C)C(=O)Nc1cccc(NC(=O)Cc2ccc(N)cc2)c1. The largest absolute Gasteiger partial charge is 0.399 e. The topological polar surface area (TPSA) is 84.2 Å². The average Bonchev–Trinajstić information content (AvgIpc) is 2.49. The summed E-state index contributed by atoms with van der Waals surface area (Å²) in [7, 11) is 0. The van der Waals surface area contributed by atoms with Gasteiger partial charge >= 0.3 is 0 Å². The Kier molecular flexibility index (Phi) is 5.36. The van der Waals surface area contributed by atoms with Gasteiger partial charge in [0.25, 0.3) is 0 Å². The number of nitrogen functional groups attached to an aromatic ring is 1. The summed E-state index contributed by atoms with van der Waals surface area (Å²) >= 11 is 0. The van der Waals surface area contributed by atoms with Crippen LogP contribution in [0.5, 0.6) is 0 Å². The summed E-state index contributed by atoms with van der Waals surface area (Å²) in [6.07, 6.45) is 0.267. The summed E-state index contributed by atoms with van der Waals surface area (Å²) in [5.74, 6) is -0.281. The second-order valence-electron chi connectivity index (χ2n) is 5.69. The van der Waals surface area contributed by atoms with E-state index < -0.39 is 0 Å². The first-order valence-corrected chi connectivity index (χ1v) is 7.49. The summed E-state index contributed by atoms with van der Waals surface area (Å²) in [5.41, 5.74) is 8.49. The van der Waals surface area contributed by atoms with E-state index in [9.17, 15) is 9.59 Å². The van der Waals surface area contributed by atoms with Gasteiger partial charge < -0.3 is 16.4 Å². The van der Waals surface area contributed by atoms with E-state index in [4.69, 9.17) is 5.73 Å². The molecule has 120 valence electrons. The van der Waals surface area contributed by atoms with E-state index in [-0.39, 0.29) is 24.2 Å². The predicted molar refractivity (Wildman–Crippen MR) is 93.1 cm³/mol. The number of anilines is 3. The first kappa shape index (κ1) is 16.5. The molecule has 0 unspecified atom stereocenters. The van der Waals surface area contributed by atoms with Crippen LogP contribution in [0, 0.1) is 5.92 Å². The van der Waals surface area contributed by atoms with Crippen LogP contribution in [0.1, 0.15) is 19.4 Å². The highest BCUT2D eigenvalue weighted by Gasteiger charge is 2.08. The van der Waals surface area contributed by atoms with Crippen LogP contribution in [0.15, 0.2) is 48.5 Å². The molecule has 2 amide bonds. The molecular formula is C18H21N3O2. The second kappa shape index (κ2) is 7.45. The third-order valence-electron chi connectivity index (χ3n) is 3.28. The highest BCUT2D eigenvalue weighted by Crippen LogP contribution is 2.16. The van der Waals surface area contributed by atoms with Gasteiger partial charge in [0, 0.05) is 23.0 Å². The Morgan fingerprint density at radius 3 is 2.22 bits per heavy atom. The maximum Gasteiger partial charge on any atom is 0.228 e. The Labute approximate surface area is 135 Å². The van der Waals surface area contributed by atoms with Crippen molar-refractivity contribution in [2.24, 2.45) is 5.92 Å². The molecule has 0 saturated heterocycles. The molecule has 5 nitrogen and oxygen atoms in total. The summed E-state index contributed by atoms with van der Waals surface area (Å²) in [6, 6.07) is 14.3. The number of benzene rings is 2. The third kappa shape index (κ3) is 5.14. The average molecular weight is 311 g/mol. The van der Waals surface area contributed by atoms with Gasteiger partial charge in [0.1, 0.15) is 0 Å². The lowest BCUT2D eigenvalue weighted by Gasteiger charge is -2.10. The quantitative estimate of drug-likeness (QED) is 0.742. The molecule has 0 aliphatic rings. The van der Waals surface area contributed by atoms with Crippen LogP contribution < -0.4 is 16.4 Å². The normalized spacial score (nSPS) is 10.4. The van der Waals surface area contributed by atoms with Crippen LogP contribution >= 0.6 is 0 Å². The van der Waals surface area contributed by atoms with Crippen molar-refractivity contribution in [2.75, 3.05) is 16.4 Å². The van der Waals surface area contributed by atoms with Crippen molar-refractivity contribution in [1.82, 2.24) is 0 Å². The number of hydrogen-bond donors (Lipinski definition) is 3. The Morgan fingerprint density at radius 2 is 1.61 bits per heavy atom. The lowest BCUT2D eigenvalue weighted by Crippen LogP contribution is -2.18. The number of nitrogens with two attached hydrogens (primary N) is 1. The monoisotopic (exact) mass is 311 g/mol. The standard InChI is InChI=1S/C18H21N3O2/c1-12(2)18(23)21-16-5-3-4-15(11-16)20-17(22)10-13-6-8-14(19)9-7-13/h3-9,11-12H,10,19H2,1-2H3,(H,20,22)(H,21,23). The molecule has 0 aliphatic carbocycles. The number of carbonyl (C=O) groups excluding carboxylic acids is 2. The molecule has 0 spiro atoms. The molecule has 0 radical (unpaired) electrons. The molecule has 0 aliphatic heterocycles. The number of hydrogen-bond acceptors (Lipinski definition) is 3. The third-order valence-corrected chi connectivity index (χ3v) is 3.28. The van der Waals surface area contributed by atoms with Gasteiger partial charge in [0.15, 0.2) is 0 Å². The van der Waals surface area contributed by atoms with Crippen LogP contribution in [-0.4, -0.2) is 11.8 Å². The maximum absolute atomic E-state index is 12.1. The van der Waals surface area contributed by atoms with E-state index in [1.807, 2.05) is 26.0 Å². The van der Waals surface area contributed by atoms with E-state index >= 15 is 0 Å². The van der Waals surface area contributed by atoms with Crippen LogP contribution in [0.25, 0.3) is 0 Å². The molecule has 4 N–H and O–H groups in total. The predicted octanol–water partition coefficient (Wildman–Crippen LogP) is 3.04. The molecule has 0 aromatic heterocycles. The van der Waals surface area contributed by atoms with E-state index in [1.165, 1.54) is 0 Å². The van der Waals surface area contributed by atoms with Crippen LogP contribution in [0.3, 0.4) is 0 Å². The lowest BCUT2D eigenvalue weighted by molar-refractivity contribution is -0.119. The molecule has 2 rings (SSSR count). The molecular weight excluding hydrogens is 290 g/mol. The second-order valence-corrected chi connectivity index (χ2v) is 5.69. The zero-order chi connectivity index (χ0) is 16.8. The van der Waals surface area contributed by atoms with E-state index in [0.717, 1.165) is 5.56 Å². The lowest BCUT2D eigenvalue weighted by atomic mass is 10.1. The Hall–Kier alpha value is -2.82. The van der Waals surface area contributed by atoms with Crippen LogP contribution in [-0.2, 0) is 16.0 Å². The van der Waals surface area contributed by atoms with E-state index in [2.05, 4.69) is 10.6 Å². The molecule has 23 heavy (non-hydrogen) atoms. The molecule has 0 fully saturated rings. The fraction of sp³-hybridized carbons (Fsp3) is 0.222. The van der Waals surface area contributed by atoms with Crippen LogP contribution in [0.2, 0.25) is 0 Å². The molecule has 2 aromatic rings. The van der Waals surface area contributed by atoms with E-state index in [0.29, 0.717) is 17.1 Å². The maximum atomic E-state index is 12.1. The van der Waals surface area contributed by atoms with Gasteiger partial charge in [0.05, 0.1) is 6.42 Å². The first-order chi connectivity index (χ1) is 10.9. The van der Waals surface area contributed by atoms with Gasteiger partial charge in [-0.2, -0.15) is 0 Å². The summed E-state index contributed by atoms with van der Waals surface area (Å²) in [6.45, 7) is 3.65. The van der Waals surface area contributed by atoms with Gasteiger partial charge in [0.2, 0.25) is 11.8 Å². The highest BCUT2D eigenvalue weighted by molar-refractivity contribution is 5.95. The minimum Gasteiger partial charge on any atom is -0.399 e. The smallest absolute Gasteiger partial charge is 0.228 e. The van der Waals surface area contributed by atoms with Crippen LogP contribution in [0.4, 0.5) is 17.1 Å². The fourth-order valence-corrected chi connectivity index (χ4v) is 1.99. The molecule has 0 heterocycles. The summed E-state index contributed by atoms with van der Waals surface area (Å²) < 4.78 is 0. The van der Waals surface area contributed by atoms with Gasteiger partial charge in [-0.1, -0.05) is 32.0 Å². The molecule has 5 heteroatoms. The number of rotatable bonds is 5. The molecule has 2 aromatic carbocycles. The fourth-order valence-electron chi connectivity index (χ4n) is 1.99. The number of nitrogens with one attached hydrogen (secondary N) is 2. The number of amides is 2. The van der Waals surface area contributed by atoms with Gasteiger partial charge in [-0.25, -0.2) is 0 Å². The van der Waals surface area contributed by atoms with Crippen molar-refractivity contribution >= 4 is 28.9 Å². The van der Waals surface area contributed by atoms with Crippen molar-refractivity contribution < 1.29 is 9.59 Å². The summed E-state index contributed by atoms with van der Waals surface area (Å²) in [4.78, 5) is 23.8. The Bertz CT molecular complexity index is 694. The van der Waals surface area contributed by atoms with Gasteiger partial charge in [-0.05, 0) is 35.9 Å². The van der Waals surface area contributed by atoms with Gasteiger partial charge in [-0.3, -0.25) is 9.59 Å². The highest BCUT2D eigenvalue weighted by atomic mass is 16.2. The molecule has 0 atom stereocenters. The minimum absolute atomic E-state index is 0.0599. The van der Waals surface area contributed by atoms with Gasteiger partial charge in [-0.15, -0.1) is 0 Å².